The average Bonchev–Trinajstić information content (AvgIpc) is 2.78. The van der Waals surface area contributed by atoms with E-state index in [0.717, 1.165) is 44.0 Å². The van der Waals surface area contributed by atoms with E-state index in [-0.39, 0.29) is 12.1 Å². The second-order valence-corrected chi connectivity index (χ2v) is 7.62. The summed E-state index contributed by atoms with van der Waals surface area (Å²) in [4.78, 5) is 21.3. The third kappa shape index (κ3) is 4.95. The van der Waals surface area contributed by atoms with Crippen LogP contribution in [0.1, 0.15) is 24.5 Å². The molecule has 2 aliphatic heterocycles. The van der Waals surface area contributed by atoms with Gasteiger partial charge in [0.25, 0.3) is 0 Å². The largest absolute Gasteiger partial charge is 0.375 e. The first-order chi connectivity index (χ1) is 14.2. The van der Waals surface area contributed by atoms with Gasteiger partial charge >= 0.3 is 6.03 Å². The number of nitrogens with zero attached hydrogens (tertiary/aromatic N) is 3. The topological polar surface area (TPSA) is 57.7 Å². The van der Waals surface area contributed by atoms with Gasteiger partial charge in [0.1, 0.15) is 5.82 Å². The first-order valence-corrected chi connectivity index (χ1v) is 10.3. The number of pyridine rings is 1. The molecular formula is C23H28N4O2. The number of hydrogen-bond acceptors (Lipinski definition) is 4. The SMILES string of the molecule is CC1CN(c2ccc(CNC(=O)N3CCC=C(c4ccccc4)C3)cn2)CCO1. The van der Waals surface area contributed by atoms with Crippen molar-refractivity contribution in [2.45, 2.75) is 26.0 Å². The molecule has 1 aromatic carbocycles. The zero-order valence-electron chi connectivity index (χ0n) is 16.9. The van der Waals surface area contributed by atoms with Crippen molar-refractivity contribution < 1.29 is 9.53 Å². The number of carbonyl (C=O) groups excluding carboxylic acids is 1. The van der Waals surface area contributed by atoms with Crippen LogP contribution in [0.2, 0.25) is 0 Å². The Balaban J connectivity index is 1.30. The van der Waals surface area contributed by atoms with Gasteiger partial charge in [-0.2, -0.15) is 0 Å². The third-order valence-electron chi connectivity index (χ3n) is 5.40. The Morgan fingerprint density at radius 1 is 1.21 bits per heavy atom. The molecule has 0 spiro atoms. The summed E-state index contributed by atoms with van der Waals surface area (Å²) in [6.45, 7) is 6.39. The molecule has 0 radical (unpaired) electrons. The van der Waals surface area contributed by atoms with E-state index >= 15 is 0 Å². The van der Waals surface area contributed by atoms with Crippen molar-refractivity contribution in [3.63, 3.8) is 0 Å². The number of morpholine rings is 1. The molecule has 1 saturated heterocycles. The summed E-state index contributed by atoms with van der Waals surface area (Å²) in [7, 11) is 0. The first-order valence-electron chi connectivity index (χ1n) is 10.3. The lowest BCUT2D eigenvalue weighted by atomic mass is 10.0. The predicted molar refractivity (Wildman–Crippen MR) is 115 cm³/mol. The van der Waals surface area contributed by atoms with Crippen LogP contribution in [-0.4, -0.2) is 54.8 Å². The average molecular weight is 393 g/mol. The Morgan fingerprint density at radius 3 is 2.83 bits per heavy atom. The summed E-state index contributed by atoms with van der Waals surface area (Å²) < 4.78 is 5.59. The number of carbonyl (C=O) groups is 1. The van der Waals surface area contributed by atoms with Gasteiger partial charge in [0.15, 0.2) is 0 Å². The number of benzene rings is 1. The van der Waals surface area contributed by atoms with Crippen LogP contribution in [0, 0.1) is 0 Å². The molecule has 1 unspecified atom stereocenters. The Hall–Kier alpha value is -2.86. The fraction of sp³-hybridized carbons (Fsp3) is 0.391. The molecule has 6 nitrogen and oxygen atoms in total. The fourth-order valence-electron chi connectivity index (χ4n) is 3.80. The molecule has 3 heterocycles. The van der Waals surface area contributed by atoms with E-state index in [1.807, 2.05) is 41.4 Å². The van der Waals surface area contributed by atoms with E-state index in [1.54, 1.807) is 0 Å². The van der Waals surface area contributed by atoms with E-state index in [2.05, 4.69) is 40.3 Å². The van der Waals surface area contributed by atoms with Crippen molar-refractivity contribution in [2.24, 2.45) is 0 Å². The van der Waals surface area contributed by atoms with Gasteiger partial charge < -0.3 is 19.9 Å². The number of ether oxygens (including phenoxy) is 1. The van der Waals surface area contributed by atoms with Crippen molar-refractivity contribution in [3.8, 4) is 0 Å². The lowest BCUT2D eigenvalue weighted by Crippen LogP contribution is -2.42. The number of aromatic nitrogens is 1. The van der Waals surface area contributed by atoms with Crippen LogP contribution < -0.4 is 10.2 Å². The van der Waals surface area contributed by atoms with Crippen molar-refractivity contribution >= 4 is 17.4 Å². The van der Waals surface area contributed by atoms with Gasteiger partial charge in [0.05, 0.1) is 12.7 Å². The third-order valence-corrected chi connectivity index (χ3v) is 5.40. The molecule has 152 valence electrons. The molecule has 29 heavy (non-hydrogen) atoms. The van der Waals surface area contributed by atoms with Crippen LogP contribution in [-0.2, 0) is 11.3 Å². The van der Waals surface area contributed by atoms with Gasteiger partial charge in [0.2, 0.25) is 0 Å². The van der Waals surface area contributed by atoms with Crippen LogP contribution in [0.15, 0.2) is 54.7 Å². The van der Waals surface area contributed by atoms with Crippen LogP contribution in [0.3, 0.4) is 0 Å². The summed E-state index contributed by atoms with van der Waals surface area (Å²) >= 11 is 0. The molecule has 6 heteroatoms. The van der Waals surface area contributed by atoms with Crippen LogP contribution in [0.4, 0.5) is 10.6 Å². The highest BCUT2D eigenvalue weighted by Gasteiger charge is 2.20. The zero-order valence-corrected chi connectivity index (χ0v) is 16.9. The van der Waals surface area contributed by atoms with Gasteiger partial charge in [-0.05, 0) is 36.1 Å². The summed E-state index contributed by atoms with van der Waals surface area (Å²) in [5.74, 6) is 0.962. The monoisotopic (exact) mass is 392 g/mol. The molecular weight excluding hydrogens is 364 g/mol. The van der Waals surface area contributed by atoms with Gasteiger partial charge in [-0.1, -0.05) is 42.5 Å². The highest BCUT2D eigenvalue weighted by molar-refractivity contribution is 5.78. The first kappa shape index (κ1) is 19.5. The molecule has 0 aliphatic carbocycles. The van der Waals surface area contributed by atoms with Crippen LogP contribution >= 0.6 is 0 Å². The normalized spacial score (nSPS) is 19.6. The highest BCUT2D eigenvalue weighted by atomic mass is 16.5. The second-order valence-electron chi connectivity index (χ2n) is 7.62. The Morgan fingerprint density at radius 2 is 2.07 bits per heavy atom. The molecule has 1 aromatic heterocycles. The summed E-state index contributed by atoms with van der Waals surface area (Å²) in [6, 6.07) is 14.3. The number of amides is 2. The summed E-state index contributed by atoms with van der Waals surface area (Å²) in [5, 5.41) is 3.03. The molecule has 1 fully saturated rings. The van der Waals surface area contributed by atoms with Crippen molar-refractivity contribution in [1.82, 2.24) is 15.2 Å². The molecule has 0 saturated carbocycles. The van der Waals surface area contributed by atoms with Gasteiger partial charge in [-0.25, -0.2) is 9.78 Å². The number of anilines is 1. The summed E-state index contributed by atoms with van der Waals surface area (Å²) in [5.41, 5.74) is 3.39. The number of rotatable bonds is 4. The van der Waals surface area contributed by atoms with Crippen molar-refractivity contribution in [3.05, 3.63) is 65.9 Å². The molecule has 2 aliphatic rings. The maximum atomic E-state index is 12.6. The molecule has 1 atom stereocenters. The van der Waals surface area contributed by atoms with Crippen LogP contribution in [0.5, 0.6) is 0 Å². The number of hydrogen-bond donors (Lipinski definition) is 1. The van der Waals surface area contributed by atoms with E-state index < -0.39 is 0 Å². The molecule has 4 rings (SSSR count). The smallest absolute Gasteiger partial charge is 0.317 e. The maximum Gasteiger partial charge on any atom is 0.317 e. The fourth-order valence-corrected chi connectivity index (χ4v) is 3.80. The lowest BCUT2D eigenvalue weighted by molar-refractivity contribution is 0.0529. The van der Waals surface area contributed by atoms with Gasteiger partial charge in [-0.3, -0.25) is 0 Å². The van der Waals surface area contributed by atoms with Gasteiger partial charge in [0, 0.05) is 38.9 Å². The van der Waals surface area contributed by atoms with Gasteiger partial charge in [-0.15, -0.1) is 0 Å². The van der Waals surface area contributed by atoms with E-state index in [4.69, 9.17) is 4.74 Å². The predicted octanol–water partition coefficient (Wildman–Crippen LogP) is 3.31. The van der Waals surface area contributed by atoms with E-state index in [0.29, 0.717) is 13.1 Å². The minimum absolute atomic E-state index is 0.0300. The van der Waals surface area contributed by atoms with E-state index in [9.17, 15) is 4.79 Å². The van der Waals surface area contributed by atoms with E-state index in [1.165, 1.54) is 11.1 Å². The highest BCUT2D eigenvalue weighted by Crippen LogP contribution is 2.20. The Bertz CT molecular complexity index is 851. The quantitative estimate of drug-likeness (QED) is 0.867. The molecule has 2 aromatic rings. The zero-order chi connectivity index (χ0) is 20.1. The lowest BCUT2D eigenvalue weighted by Gasteiger charge is -2.32. The standard InChI is InChI=1S/C23H28N4O2/c1-18-16-26(12-13-29-18)22-10-9-19(14-24-22)15-25-23(28)27-11-5-8-21(17-27)20-6-3-2-4-7-20/h2-4,6-10,14,18H,5,11-13,15-17H2,1H3,(H,25,28). The summed E-state index contributed by atoms with van der Waals surface area (Å²) in [6.07, 6.45) is 5.19. The second kappa shape index (κ2) is 9.09. The molecule has 0 bridgehead atoms. The minimum Gasteiger partial charge on any atom is -0.375 e. The van der Waals surface area contributed by atoms with Crippen molar-refractivity contribution in [2.75, 3.05) is 37.7 Å². The maximum absolute atomic E-state index is 12.6. The number of nitrogens with one attached hydrogen (secondary N) is 1. The Labute approximate surface area is 172 Å². The van der Waals surface area contributed by atoms with Crippen molar-refractivity contribution in [1.29, 1.82) is 0 Å². The number of urea groups is 1. The van der Waals surface area contributed by atoms with Crippen LogP contribution in [0.25, 0.3) is 5.57 Å². The molecule has 1 N–H and O–H groups in total. The Kier molecular flexibility index (Phi) is 6.10. The minimum atomic E-state index is -0.0300. The molecule has 2 amide bonds.